The highest BCUT2D eigenvalue weighted by molar-refractivity contribution is 7.97. The van der Waals surface area contributed by atoms with Gasteiger partial charge in [0.15, 0.2) is 20.5 Å². The van der Waals surface area contributed by atoms with Gasteiger partial charge in [0.05, 0.1) is 10.9 Å². The zero-order valence-electron chi connectivity index (χ0n) is 18.5. The standard InChI is InChI=1S/C31H22O2S/c32-27-19-15-24(16-20-27)23-11-13-25(14-12-23)31(33)26-17-21-30(22-18-26)34(28-7-3-1-4-8-28)29-9-5-2-6-10-29/h1-22H/p+1. The molecule has 5 aromatic rings. The summed E-state index contributed by atoms with van der Waals surface area (Å²) in [4.78, 5) is 16.8. The van der Waals surface area contributed by atoms with E-state index in [-0.39, 0.29) is 22.4 Å². The Kier molecular flexibility index (Phi) is 6.28. The molecule has 0 atom stereocenters. The molecule has 0 saturated carbocycles. The van der Waals surface area contributed by atoms with E-state index in [1.54, 1.807) is 12.1 Å². The Bertz CT molecular complexity index is 1340. The van der Waals surface area contributed by atoms with Crippen molar-refractivity contribution in [3.63, 3.8) is 0 Å². The second-order valence-electron chi connectivity index (χ2n) is 7.91. The Morgan fingerprint density at radius 3 is 1.32 bits per heavy atom. The molecule has 0 aromatic heterocycles. The Balaban J connectivity index is 1.40. The van der Waals surface area contributed by atoms with E-state index in [2.05, 4.69) is 60.7 Å². The minimum Gasteiger partial charge on any atom is -0.508 e. The molecule has 5 aromatic carbocycles. The number of carbonyl (C=O) groups excluding carboxylic acids is 1. The van der Waals surface area contributed by atoms with Crippen molar-refractivity contribution in [3.05, 3.63) is 145 Å². The van der Waals surface area contributed by atoms with E-state index in [1.807, 2.05) is 60.7 Å². The molecule has 0 fully saturated rings. The van der Waals surface area contributed by atoms with E-state index < -0.39 is 0 Å². The maximum atomic E-state index is 13.1. The molecule has 1 N–H and O–H groups in total. The molecule has 5 rings (SSSR count). The van der Waals surface area contributed by atoms with Gasteiger partial charge >= 0.3 is 0 Å². The molecule has 0 amide bonds. The van der Waals surface area contributed by atoms with Crippen LogP contribution >= 0.6 is 0 Å². The van der Waals surface area contributed by atoms with Crippen molar-refractivity contribution in [2.24, 2.45) is 0 Å². The number of phenolic OH excluding ortho intramolecular Hbond substituents is 1. The van der Waals surface area contributed by atoms with Gasteiger partial charge in [-0.25, -0.2) is 0 Å². The lowest BCUT2D eigenvalue weighted by Gasteiger charge is -2.09. The topological polar surface area (TPSA) is 37.3 Å². The zero-order chi connectivity index (χ0) is 23.3. The third kappa shape index (κ3) is 4.66. The molecule has 0 bridgehead atoms. The van der Waals surface area contributed by atoms with Crippen molar-refractivity contribution in [3.8, 4) is 16.9 Å². The van der Waals surface area contributed by atoms with Gasteiger partial charge in [-0.2, -0.15) is 0 Å². The predicted molar refractivity (Wildman–Crippen MR) is 138 cm³/mol. The lowest BCUT2D eigenvalue weighted by atomic mass is 9.99. The fraction of sp³-hybridized carbons (Fsp3) is 0. The molecule has 34 heavy (non-hydrogen) atoms. The second-order valence-corrected chi connectivity index (χ2v) is 9.94. The van der Waals surface area contributed by atoms with E-state index in [4.69, 9.17) is 0 Å². The van der Waals surface area contributed by atoms with Crippen LogP contribution in [0.2, 0.25) is 0 Å². The maximum Gasteiger partial charge on any atom is 0.193 e. The first kappa shape index (κ1) is 21.7. The number of benzene rings is 5. The quantitative estimate of drug-likeness (QED) is 0.212. The summed E-state index contributed by atoms with van der Waals surface area (Å²) in [5, 5.41) is 9.49. The average Bonchev–Trinajstić information content (AvgIpc) is 2.91. The van der Waals surface area contributed by atoms with E-state index in [9.17, 15) is 9.90 Å². The first-order chi connectivity index (χ1) is 16.7. The average molecular weight is 460 g/mol. The van der Waals surface area contributed by atoms with Crippen molar-refractivity contribution in [2.45, 2.75) is 14.7 Å². The molecule has 0 aliphatic rings. The van der Waals surface area contributed by atoms with Gasteiger partial charge in [0.1, 0.15) is 5.75 Å². The molecule has 0 spiro atoms. The number of hydrogen-bond acceptors (Lipinski definition) is 2. The summed E-state index contributed by atoms with van der Waals surface area (Å²) in [5.41, 5.74) is 3.32. The Labute approximate surface area is 202 Å². The highest BCUT2D eigenvalue weighted by Crippen LogP contribution is 2.31. The Morgan fingerprint density at radius 2 is 0.853 bits per heavy atom. The maximum absolute atomic E-state index is 13.1. The first-order valence-electron chi connectivity index (χ1n) is 11.1. The highest BCUT2D eigenvalue weighted by Gasteiger charge is 2.28. The summed E-state index contributed by atoms with van der Waals surface area (Å²) in [7, 11) is -0.236. The van der Waals surface area contributed by atoms with Gasteiger partial charge in [-0.05, 0) is 71.8 Å². The van der Waals surface area contributed by atoms with Gasteiger partial charge in [0.25, 0.3) is 0 Å². The minimum atomic E-state index is -0.236. The van der Waals surface area contributed by atoms with Gasteiger partial charge in [0, 0.05) is 11.1 Å². The van der Waals surface area contributed by atoms with Crippen LogP contribution in [-0.4, -0.2) is 10.9 Å². The van der Waals surface area contributed by atoms with Gasteiger partial charge in [-0.1, -0.05) is 72.8 Å². The number of ketones is 1. The van der Waals surface area contributed by atoms with Gasteiger partial charge in [0.2, 0.25) is 0 Å². The zero-order valence-corrected chi connectivity index (χ0v) is 19.3. The summed E-state index contributed by atoms with van der Waals surface area (Å²) in [6.07, 6.45) is 0. The molecule has 2 nitrogen and oxygen atoms in total. The van der Waals surface area contributed by atoms with Crippen LogP contribution in [0.1, 0.15) is 15.9 Å². The third-order valence-electron chi connectivity index (χ3n) is 5.66. The molecule has 164 valence electrons. The van der Waals surface area contributed by atoms with E-state index in [0.717, 1.165) is 11.1 Å². The van der Waals surface area contributed by atoms with Crippen LogP contribution < -0.4 is 0 Å². The van der Waals surface area contributed by atoms with Crippen molar-refractivity contribution >= 4 is 16.7 Å². The van der Waals surface area contributed by atoms with Crippen LogP contribution in [0.3, 0.4) is 0 Å². The van der Waals surface area contributed by atoms with E-state index >= 15 is 0 Å². The van der Waals surface area contributed by atoms with Crippen molar-refractivity contribution in [1.29, 1.82) is 0 Å². The largest absolute Gasteiger partial charge is 0.508 e. The lowest BCUT2D eigenvalue weighted by Crippen LogP contribution is -2.06. The van der Waals surface area contributed by atoms with Crippen LogP contribution in [0.15, 0.2) is 148 Å². The van der Waals surface area contributed by atoms with Crippen molar-refractivity contribution in [2.75, 3.05) is 0 Å². The molecule has 0 aliphatic carbocycles. The summed E-state index contributed by atoms with van der Waals surface area (Å²) < 4.78 is 0. The summed E-state index contributed by atoms with van der Waals surface area (Å²) >= 11 is 0. The molecular weight excluding hydrogens is 436 g/mol. The third-order valence-corrected chi connectivity index (χ3v) is 7.89. The van der Waals surface area contributed by atoms with Crippen LogP contribution in [0.5, 0.6) is 5.75 Å². The van der Waals surface area contributed by atoms with Crippen molar-refractivity contribution in [1.82, 2.24) is 0 Å². The molecule has 0 heterocycles. The normalized spacial score (nSPS) is 10.9. The number of rotatable bonds is 6. The van der Waals surface area contributed by atoms with Crippen LogP contribution in [0.4, 0.5) is 0 Å². The van der Waals surface area contributed by atoms with E-state index in [0.29, 0.717) is 11.1 Å². The van der Waals surface area contributed by atoms with Gasteiger partial charge in [-0.3, -0.25) is 4.79 Å². The fourth-order valence-corrected chi connectivity index (χ4v) is 5.98. The number of phenols is 1. The lowest BCUT2D eigenvalue weighted by molar-refractivity contribution is 0.103. The number of aromatic hydroxyl groups is 1. The molecule has 0 aliphatic heterocycles. The highest BCUT2D eigenvalue weighted by atomic mass is 32.2. The summed E-state index contributed by atoms with van der Waals surface area (Å²) in [6.45, 7) is 0. The van der Waals surface area contributed by atoms with E-state index in [1.165, 1.54) is 14.7 Å². The smallest absolute Gasteiger partial charge is 0.193 e. The Hall–Kier alpha value is -4.08. The first-order valence-corrected chi connectivity index (χ1v) is 12.3. The number of carbonyl (C=O) groups is 1. The van der Waals surface area contributed by atoms with Gasteiger partial charge < -0.3 is 5.11 Å². The molecule has 0 saturated heterocycles. The predicted octanol–water partition coefficient (Wildman–Crippen LogP) is 7.39. The molecule has 0 radical (unpaired) electrons. The van der Waals surface area contributed by atoms with Crippen molar-refractivity contribution < 1.29 is 9.90 Å². The monoisotopic (exact) mass is 459 g/mol. The SMILES string of the molecule is O=C(c1ccc(-c2ccc(O)cc2)cc1)c1ccc([S+](c2ccccc2)c2ccccc2)cc1. The number of hydrogen-bond donors (Lipinski definition) is 1. The second kappa shape index (κ2) is 9.82. The van der Waals surface area contributed by atoms with Gasteiger partial charge in [-0.15, -0.1) is 0 Å². The Morgan fingerprint density at radius 1 is 0.471 bits per heavy atom. The van der Waals surface area contributed by atoms with Crippen LogP contribution in [-0.2, 0) is 10.9 Å². The fourth-order valence-electron chi connectivity index (χ4n) is 3.90. The molecule has 3 heteroatoms. The summed E-state index contributed by atoms with van der Waals surface area (Å²) in [6, 6.07) is 43.6. The summed E-state index contributed by atoms with van der Waals surface area (Å²) in [5.74, 6) is 0.240. The van der Waals surface area contributed by atoms with Crippen LogP contribution in [0, 0.1) is 0 Å². The molecular formula is C31H23O2S+. The van der Waals surface area contributed by atoms with Crippen LogP contribution in [0.25, 0.3) is 11.1 Å². The minimum absolute atomic E-state index is 0.00288. The molecule has 0 unspecified atom stereocenters.